The summed E-state index contributed by atoms with van der Waals surface area (Å²) in [7, 11) is 0. The minimum Gasteiger partial charge on any atom is -0.480 e. The van der Waals surface area contributed by atoms with Crippen molar-refractivity contribution in [3.8, 4) is 11.1 Å². The number of nitrogens with zero attached hydrogens (tertiary/aromatic N) is 5. The predicted octanol–water partition coefficient (Wildman–Crippen LogP) is 1.75. The highest BCUT2D eigenvalue weighted by atomic mass is 16.4. The summed E-state index contributed by atoms with van der Waals surface area (Å²) < 4.78 is 2.66. The van der Waals surface area contributed by atoms with Gasteiger partial charge in [-0.15, -0.1) is 10.2 Å². The Morgan fingerprint density at radius 2 is 1.92 bits per heavy atom. The van der Waals surface area contributed by atoms with E-state index in [0.717, 1.165) is 15.7 Å². The fraction of sp³-hybridized carbons (Fsp3) is 0.118. The van der Waals surface area contributed by atoms with Crippen LogP contribution in [0.4, 0.5) is 0 Å². The van der Waals surface area contributed by atoms with E-state index in [4.69, 9.17) is 5.11 Å². The minimum absolute atomic E-state index is 0.0748. The summed E-state index contributed by atoms with van der Waals surface area (Å²) in [6.45, 7) is 1.43. The molecule has 1 aromatic carbocycles. The average molecular weight is 335 g/mol. The fourth-order valence-corrected chi connectivity index (χ4v) is 2.75. The molecular weight excluding hydrogens is 322 g/mol. The lowest BCUT2D eigenvalue weighted by atomic mass is 10.1. The molecule has 0 fully saturated rings. The lowest BCUT2D eigenvalue weighted by molar-refractivity contribution is -0.140. The Labute approximate surface area is 141 Å². The number of hydrogen-bond donors (Lipinski definition) is 1. The smallest absolute Gasteiger partial charge is 0.326 e. The largest absolute Gasteiger partial charge is 0.480 e. The highest BCUT2D eigenvalue weighted by molar-refractivity contribution is 5.82. The molecule has 3 heterocycles. The van der Waals surface area contributed by atoms with Crippen LogP contribution in [-0.4, -0.2) is 35.5 Å². The van der Waals surface area contributed by atoms with Gasteiger partial charge in [0.25, 0.3) is 5.56 Å². The summed E-state index contributed by atoms with van der Waals surface area (Å²) in [5.74, 6) is -1.10. The van der Waals surface area contributed by atoms with Crippen LogP contribution in [0.25, 0.3) is 27.8 Å². The quantitative estimate of drug-likeness (QED) is 0.612. The van der Waals surface area contributed by atoms with Crippen molar-refractivity contribution in [3.63, 3.8) is 0 Å². The van der Waals surface area contributed by atoms with E-state index < -0.39 is 17.6 Å². The molecule has 8 nitrogen and oxygen atoms in total. The fourth-order valence-electron chi connectivity index (χ4n) is 2.75. The molecule has 25 heavy (non-hydrogen) atoms. The molecule has 0 radical (unpaired) electrons. The molecule has 0 bridgehead atoms. The van der Waals surface area contributed by atoms with Crippen molar-refractivity contribution in [1.82, 2.24) is 24.4 Å². The first-order chi connectivity index (χ1) is 12.1. The van der Waals surface area contributed by atoms with Gasteiger partial charge < -0.3 is 5.11 Å². The molecule has 0 saturated heterocycles. The average Bonchev–Trinajstić information content (AvgIpc) is 3.06. The van der Waals surface area contributed by atoms with Crippen molar-refractivity contribution in [3.05, 3.63) is 59.1 Å². The van der Waals surface area contributed by atoms with Crippen LogP contribution >= 0.6 is 0 Å². The van der Waals surface area contributed by atoms with Crippen LogP contribution in [0.1, 0.15) is 13.0 Å². The number of aliphatic carboxylic acids is 1. The number of carbonyl (C=O) groups is 1. The first-order valence-corrected chi connectivity index (χ1v) is 7.61. The standard InChI is InChI=1S/C17H13N5O3/c1-10(17(24)25)21-8-7-13-14(16(21)23)19-20-15-12(9-18-22(13)15)11-5-3-2-4-6-11/h2-10H,1H3,(H,24,25)/t10-/m1/s1. The molecule has 4 rings (SSSR count). The second-order valence-corrected chi connectivity index (χ2v) is 5.64. The zero-order chi connectivity index (χ0) is 17.6. The molecule has 1 N–H and O–H groups in total. The minimum atomic E-state index is -1.10. The lowest BCUT2D eigenvalue weighted by Gasteiger charge is -2.11. The van der Waals surface area contributed by atoms with Crippen LogP contribution in [0, 0.1) is 0 Å². The zero-order valence-corrected chi connectivity index (χ0v) is 13.2. The normalized spacial score (nSPS) is 12.5. The van der Waals surface area contributed by atoms with Crippen molar-refractivity contribution in [2.24, 2.45) is 0 Å². The number of fused-ring (bicyclic) bond motifs is 3. The van der Waals surface area contributed by atoms with Gasteiger partial charge in [0.2, 0.25) is 0 Å². The highest BCUT2D eigenvalue weighted by Gasteiger charge is 2.18. The van der Waals surface area contributed by atoms with Crippen molar-refractivity contribution in [2.45, 2.75) is 13.0 Å². The number of rotatable bonds is 3. The molecule has 0 aliphatic heterocycles. The van der Waals surface area contributed by atoms with Crippen LogP contribution in [0.3, 0.4) is 0 Å². The molecule has 0 spiro atoms. The first-order valence-electron chi connectivity index (χ1n) is 7.61. The van der Waals surface area contributed by atoms with E-state index in [1.54, 1.807) is 16.8 Å². The van der Waals surface area contributed by atoms with Gasteiger partial charge in [-0.1, -0.05) is 30.3 Å². The van der Waals surface area contributed by atoms with E-state index in [2.05, 4.69) is 15.3 Å². The third kappa shape index (κ3) is 2.26. The van der Waals surface area contributed by atoms with Crippen LogP contribution < -0.4 is 5.56 Å². The van der Waals surface area contributed by atoms with Crippen molar-refractivity contribution in [2.75, 3.05) is 0 Å². The summed E-state index contributed by atoms with van der Waals surface area (Å²) >= 11 is 0. The predicted molar refractivity (Wildman–Crippen MR) is 90.3 cm³/mol. The van der Waals surface area contributed by atoms with Crippen LogP contribution in [0.2, 0.25) is 0 Å². The second kappa shape index (κ2) is 5.52. The van der Waals surface area contributed by atoms with E-state index in [1.807, 2.05) is 30.3 Å². The maximum absolute atomic E-state index is 12.6. The van der Waals surface area contributed by atoms with E-state index in [9.17, 15) is 9.59 Å². The van der Waals surface area contributed by atoms with Crippen LogP contribution in [0.15, 0.2) is 53.6 Å². The Morgan fingerprint density at radius 3 is 2.64 bits per heavy atom. The van der Waals surface area contributed by atoms with Gasteiger partial charge in [-0.25, -0.2) is 9.31 Å². The Balaban J connectivity index is 1.97. The summed E-state index contributed by atoms with van der Waals surface area (Å²) in [5, 5.41) is 21.6. The molecule has 1 atom stereocenters. The van der Waals surface area contributed by atoms with E-state index in [0.29, 0.717) is 11.2 Å². The Hall–Kier alpha value is -3.55. The molecule has 8 heteroatoms. The Morgan fingerprint density at radius 1 is 1.16 bits per heavy atom. The summed E-state index contributed by atoms with van der Waals surface area (Å²) in [6.07, 6.45) is 3.11. The summed E-state index contributed by atoms with van der Waals surface area (Å²) in [5.41, 5.74) is 2.31. The van der Waals surface area contributed by atoms with Gasteiger partial charge in [0.05, 0.1) is 6.20 Å². The zero-order valence-electron chi connectivity index (χ0n) is 13.2. The summed E-state index contributed by atoms with van der Waals surface area (Å²) in [6, 6.07) is 10.3. The SMILES string of the molecule is C[C@H](C(=O)O)n1ccc2c(nnc3c(-c4ccccc4)cnn32)c1=O. The van der Waals surface area contributed by atoms with Gasteiger partial charge in [-0.05, 0) is 18.6 Å². The molecule has 0 unspecified atom stereocenters. The van der Waals surface area contributed by atoms with Crippen molar-refractivity contribution >= 4 is 22.6 Å². The molecule has 0 aliphatic rings. The van der Waals surface area contributed by atoms with Gasteiger partial charge >= 0.3 is 5.97 Å². The van der Waals surface area contributed by atoms with Gasteiger partial charge in [0.15, 0.2) is 11.2 Å². The molecule has 3 aromatic heterocycles. The molecular formula is C17H13N5O3. The number of pyridine rings is 1. The second-order valence-electron chi connectivity index (χ2n) is 5.64. The van der Waals surface area contributed by atoms with E-state index >= 15 is 0 Å². The van der Waals surface area contributed by atoms with Crippen LogP contribution in [0.5, 0.6) is 0 Å². The van der Waals surface area contributed by atoms with Gasteiger partial charge in [0, 0.05) is 11.8 Å². The third-order valence-electron chi connectivity index (χ3n) is 4.15. The molecule has 0 amide bonds. The number of carboxylic acid groups (broad SMARTS) is 1. The lowest BCUT2D eigenvalue weighted by Crippen LogP contribution is -2.28. The topological polar surface area (TPSA) is 102 Å². The molecule has 124 valence electrons. The van der Waals surface area contributed by atoms with Gasteiger partial charge in [0.1, 0.15) is 11.6 Å². The maximum atomic E-state index is 12.6. The number of hydrogen-bond acceptors (Lipinski definition) is 5. The number of benzene rings is 1. The third-order valence-corrected chi connectivity index (χ3v) is 4.15. The van der Waals surface area contributed by atoms with Gasteiger partial charge in [-0.3, -0.25) is 9.36 Å². The highest BCUT2D eigenvalue weighted by Crippen LogP contribution is 2.24. The molecule has 0 saturated carbocycles. The Bertz CT molecular complexity index is 1160. The molecule has 4 aromatic rings. The Kier molecular flexibility index (Phi) is 3.31. The number of carboxylic acids is 1. The van der Waals surface area contributed by atoms with Crippen molar-refractivity contribution in [1.29, 1.82) is 0 Å². The van der Waals surface area contributed by atoms with Crippen LogP contribution in [-0.2, 0) is 4.79 Å². The van der Waals surface area contributed by atoms with Gasteiger partial charge in [-0.2, -0.15) is 5.10 Å². The van der Waals surface area contributed by atoms with E-state index in [1.165, 1.54) is 13.1 Å². The first kappa shape index (κ1) is 15.0. The van der Waals surface area contributed by atoms with E-state index in [-0.39, 0.29) is 5.52 Å². The summed E-state index contributed by atoms with van der Waals surface area (Å²) in [4.78, 5) is 23.7. The maximum Gasteiger partial charge on any atom is 0.326 e. The van der Waals surface area contributed by atoms with Crippen molar-refractivity contribution < 1.29 is 9.90 Å². The molecule has 0 aliphatic carbocycles. The monoisotopic (exact) mass is 335 g/mol. The number of aromatic nitrogens is 5.